The predicted octanol–water partition coefficient (Wildman–Crippen LogP) is 2.54. The summed E-state index contributed by atoms with van der Waals surface area (Å²) in [5, 5.41) is 8.89. The highest BCUT2D eigenvalue weighted by Crippen LogP contribution is 2.15. The molecule has 1 aromatic rings. The second-order valence-electron chi connectivity index (χ2n) is 4.04. The lowest BCUT2D eigenvalue weighted by Crippen LogP contribution is -2.34. The largest absolute Gasteiger partial charge is 0.480 e. The minimum Gasteiger partial charge on any atom is -0.480 e. The highest BCUT2D eigenvalue weighted by atomic mass is 16.4. The van der Waals surface area contributed by atoms with E-state index in [1.54, 1.807) is 30.4 Å². The zero-order valence-electron chi connectivity index (χ0n) is 11.0. The zero-order valence-corrected chi connectivity index (χ0v) is 11.0. The monoisotopic (exact) mass is 259 g/mol. The lowest BCUT2D eigenvalue weighted by Gasteiger charge is -2.19. The van der Waals surface area contributed by atoms with Crippen molar-refractivity contribution in [3.8, 4) is 0 Å². The van der Waals surface area contributed by atoms with Gasteiger partial charge in [-0.2, -0.15) is 0 Å². The molecule has 1 aromatic carbocycles. The van der Waals surface area contributed by atoms with E-state index in [4.69, 9.17) is 5.11 Å². The molecular formula is C15H17NO3. The van der Waals surface area contributed by atoms with Gasteiger partial charge in [0.1, 0.15) is 6.54 Å². The minimum atomic E-state index is -1.05. The molecule has 0 heterocycles. The predicted molar refractivity (Wildman–Crippen MR) is 75.1 cm³/mol. The molecule has 0 unspecified atom stereocenters. The number of rotatable bonds is 5. The van der Waals surface area contributed by atoms with E-state index in [1.807, 2.05) is 26.0 Å². The Labute approximate surface area is 112 Å². The van der Waals surface area contributed by atoms with E-state index >= 15 is 0 Å². The average molecular weight is 259 g/mol. The summed E-state index contributed by atoms with van der Waals surface area (Å²) >= 11 is 0. The molecule has 0 spiro atoms. The van der Waals surface area contributed by atoms with Crippen LogP contribution in [-0.2, 0) is 9.59 Å². The Bertz CT molecular complexity index is 501. The standard InChI is InChI=1S/C15H17NO3/c1-3-4-5-6-14(17)16(11-15(18)19)13-9-7-12(2)8-10-13/h3-10H,11H2,1-2H3,(H,18,19)/b4-3+,6-5+. The number of carbonyl (C=O) groups is 2. The third-order valence-corrected chi connectivity index (χ3v) is 2.45. The Morgan fingerprint density at radius 2 is 1.84 bits per heavy atom. The Balaban J connectivity index is 2.97. The van der Waals surface area contributed by atoms with E-state index in [2.05, 4.69) is 0 Å². The maximum atomic E-state index is 12.0. The van der Waals surface area contributed by atoms with Gasteiger partial charge in [-0.15, -0.1) is 0 Å². The maximum Gasteiger partial charge on any atom is 0.323 e. The van der Waals surface area contributed by atoms with E-state index in [0.29, 0.717) is 5.69 Å². The number of nitrogens with zero attached hydrogens (tertiary/aromatic N) is 1. The average Bonchev–Trinajstić information content (AvgIpc) is 2.37. The van der Waals surface area contributed by atoms with E-state index in [-0.39, 0.29) is 12.5 Å². The lowest BCUT2D eigenvalue weighted by molar-refractivity contribution is -0.136. The molecule has 1 amide bonds. The Morgan fingerprint density at radius 3 is 2.37 bits per heavy atom. The molecule has 0 fully saturated rings. The number of hydrogen-bond acceptors (Lipinski definition) is 2. The molecule has 4 heteroatoms. The van der Waals surface area contributed by atoms with Gasteiger partial charge in [0, 0.05) is 11.8 Å². The van der Waals surface area contributed by atoms with Gasteiger partial charge in [-0.1, -0.05) is 35.9 Å². The quantitative estimate of drug-likeness (QED) is 0.653. The molecular weight excluding hydrogens is 242 g/mol. The smallest absolute Gasteiger partial charge is 0.323 e. The van der Waals surface area contributed by atoms with Crippen LogP contribution in [0, 0.1) is 6.92 Å². The van der Waals surface area contributed by atoms with Gasteiger partial charge in [0.2, 0.25) is 0 Å². The summed E-state index contributed by atoms with van der Waals surface area (Å²) < 4.78 is 0. The molecule has 1 N–H and O–H groups in total. The van der Waals surface area contributed by atoms with E-state index < -0.39 is 5.97 Å². The number of anilines is 1. The number of carboxylic acid groups (broad SMARTS) is 1. The molecule has 0 aromatic heterocycles. The van der Waals surface area contributed by atoms with Crippen molar-refractivity contribution < 1.29 is 14.7 Å². The molecule has 0 bridgehead atoms. The molecule has 0 saturated heterocycles. The number of carbonyl (C=O) groups excluding carboxylic acids is 1. The molecule has 0 saturated carbocycles. The number of aryl methyl sites for hydroxylation is 1. The van der Waals surface area contributed by atoms with E-state index in [1.165, 1.54) is 11.0 Å². The molecule has 0 aliphatic heterocycles. The van der Waals surface area contributed by atoms with Gasteiger partial charge in [-0.05, 0) is 26.0 Å². The maximum absolute atomic E-state index is 12.0. The number of hydrogen-bond donors (Lipinski definition) is 1. The van der Waals surface area contributed by atoms with E-state index in [9.17, 15) is 9.59 Å². The summed E-state index contributed by atoms with van der Waals surface area (Å²) in [5.41, 5.74) is 1.62. The molecule has 100 valence electrons. The fourth-order valence-electron chi connectivity index (χ4n) is 1.50. The van der Waals surface area contributed by atoms with Crippen LogP contribution in [-0.4, -0.2) is 23.5 Å². The highest BCUT2D eigenvalue weighted by Gasteiger charge is 2.16. The molecule has 19 heavy (non-hydrogen) atoms. The molecule has 0 aliphatic rings. The summed E-state index contributed by atoms with van der Waals surface area (Å²) in [6.45, 7) is 3.41. The number of carboxylic acids is 1. The zero-order chi connectivity index (χ0) is 14.3. The molecule has 4 nitrogen and oxygen atoms in total. The molecule has 0 radical (unpaired) electrons. The van der Waals surface area contributed by atoms with Crippen LogP contribution in [0.25, 0.3) is 0 Å². The van der Waals surface area contributed by atoms with Gasteiger partial charge in [-0.25, -0.2) is 0 Å². The van der Waals surface area contributed by atoms with Gasteiger partial charge in [0.15, 0.2) is 0 Å². The molecule has 0 atom stereocenters. The first kappa shape index (κ1) is 14.7. The van der Waals surface area contributed by atoms with Crippen molar-refractivity contribution in [2.24, 2.45) is 0 Å². The summed E-state index contributed by atoms with van der Waals surface area (Å²) in [6.07, 6.45) is 6.44. The third-order valence-electron chi connectivity index (χ3n) is 2.45. The molecule has 1 rings (SSSR count). The number of aliphatic carboxylic acids is 1. The van der Waals surface area contributed by atoms with Gasteiger partial charge >= 0.3 is 5.97 Å². The summed E-state index contributed by atoms with van der Waals surface area (Å²) in [6, 6.07) is 7.15. The fraction of sp³-hybridized carbons (Fsp3) is 0.200. The summed E-state index contributed by atoms with van der Waals surface area (Å²) in [4.78, 5) is 24.1. The van der Waals surface area contributed by atoms with Gasteiger partial charge in [-0.3, -0.25) is 14.5 Å². The number of amides is 1. The first-order valence-corrected chi connectivity index (χ1v) is 5.94. The van der Waals surface area contributed by atoms with Crippen LogP contribution in [0.15, 0.2) is 48.6 Å². The topological polar surface area (TPSA) is 57.6 Å². The van der Waals surface area contributed by atoms with Crippen molar-refractivity contribution >= 4 is 17.6 Å². The van der Waals surface area contributed by atoms with Crippen molar-refractivity contribution in [1.82, 2.24) is 0 Å². The van der Waals surface area contributed by atoms with Crippen molar-refractivity contribution in [2.75, 3.05) is 11.4 Å². The van der Waals surface area contributed by atoms with Gasteiger partial charge in [0.25, 0.3) is 5.91 Å². The van der Waals surface area contributed by atoms with Gasteiger partial charge < -0.3 is 5.11 Å². The SMILES string of the molecule is C/C=C/C=C/C(=O)N(CC(=O)O)c1ccc(C)cc1. The first-order chi connectivity index (χ1) is 9.04. The van der Waals surface area contributed by atoms with Crippen LogP contribution in [0.2, 0.25) is 0 Å². The van der Waals surface area contributed by atoms with Gasteiger partial charge in [0.05, 0.1) is 0 Å². The number of allylic oxidation sites excluding steroid dienone is 3. The molecule has 0 aliphatic carbocycles. The van der Waals surface area contributed by atoms with Crippen LogP contribution in [0.3, 0.4) is 0 Å². The fourth-order valence-corrected chi connectivity index (χ4v) is 1.50. The normalized spacial score (nSPS) is 11.1. The minimum absolute atomic E-state index is 0.357. The van der Waals surface area contributed by atoms with E-state index in [0.717, 1.165) is 5.56 Å². The van der Waals surface area contributed by atoms with Crippen molar-refractivity contribution in [1.29, 1.82) is 0 Å². The summed E-state index contributed by atoms with van der Waals surface area (Å²) in [5.74, 6) is -1.40. The summed E-state index contributed by atoms with van der Waals surface area (Å²) in [7, 11) is 0. The van der Waals surface area contributed by atoms with Crippen molar-refractivity contribution in [2.45, 2.75) is 13.8 Å². The Morgan fingerprint density at radius 1 is 1.21 bits per heavy atom. The first-order valence-electron chi connectivity index (χ1n) is 5.94. The van der Waals surface area contributed by atoms with Crippen LogP contribution in [0.1, 0.15) is 12.5 Å². The Kier molecular flexibility index (Phi) is 5.54. The number of benzene rings is 1. The van der Waals surface area contributed by atoms with Crippen molar-refractivity contribution in [3.63, 3.8) is 0 Å². The Hall–Kier alpha value is -2.36. The highest BCUT2D eigenvalue weighted by molar-refractivity contribution is 6.04. The van der Waals surface area contributed by atoms with Crippen LogP contribution < -0.4 is 4.90 Å². The van der Waals surface area contributed by atoms with Crippen LogP contribution in [0.5, 0.6) is 0 Å². The van der Waals surface area contributed by atoms with Crippen LogP contribution >= 0.6 is 0 Å². The van der Waals surface area contributed by atoms with Crippen molar-refractivity contribution in [3.05, 3.63) is 54.1 Å². The lowest BCUT2D eigenvalue weighted by atomic mass is 10.2. The second kappa shape index (κ2) is 7.16. The second-order valence-corrected chi connectivity index (χ2v) is 4.04. The van der Waals surface area contributed by atoms with Crippen LogP contribution in [0.4, 0.5) is 5.69 Å². The third kappa shape index (κ3) is 4.79.